The second-order valence-corrected chi connectivity index (χ2v) is 11.9. The van der Waals surface area contributed by atoms with E-state index in [4.69, 9.17) is 16.3 Å². The molecule has 1 spiro atoms. The Bertz CT molecular complexity index is 1190. The minimum atomic E-state index is -4.03. The third kappa shape index (κ3) is 4.53. The first-order chi connectivity index (χ1) is 15.6. The summed E-state index contributed by atoms with van der Waals surface area (Å²) >= 11 is 6.11. The van der Waals surface area contributed by atoms with Crippen LogP contribution < -0.4 is 9.46 Å². The molecule has 1 N–H and O–H groups in total. The molecule has 1 atom stereocenters. The summed E-state index contributed by atoms with van der Waals surface area (Å²) in [5, 5.41) is 0.0596. The maximum atomic E-state index is 13.8. The Kier molecular flexibility index (Phi) is 5.52. The molecule has 0 radical (unpaired) electrons. The Labute approximate surface area is 198 Å². The first-order valence-electron chi connectivity index (χ1n) is 11.3. The van der Waals surface area contributed by atoms with Gasteiger partial charge in [0.2, 0.25) is 11.8 Å². The van der Waals surface area contributed by atoms with Crippen LogP contribution >= 0.6 is 11.6 Å². The number of hydrogen-bond acceptors (Lipinski definition) is 6. The zero-order valence-corrected chi connectivity index (χ0v) is 20.2. The van der Waals surface area contributed by atoms with Gasteiger partial charge in [0.15, 0.2) is 0 Å². The number of nitrogens with zero attached hydrogens (tertiary/aromatic N) is 3. The number of ether oxygens (including phenoxy) is 1. The number of halogens is 1. The van der Waals surface area contributed by atoms with Gasteiger partial charge in [-0.05, 0) is 61.6 Å². The molecule has 2 saturated carbocycles. The van der Waals surface area contributed by atoms with Gasteiger partial charge in [0.25, 0.3) is 15.9 Å². The third-order valence-electron chi connectivity index (χ3n) is 6.77. The van der Waals surface area contributed by atoms with Crippen LogP contribution in [0.1, 0.15) is 56.3 Å². The standard InChI is InChI=1S/C23H27ClN4O4S/c1-14(2)8-16-13-32-20-10-19(24)25-22(26-20)27-33(30,31)18-5-3-4-15(9-18)21(29)28(16)17-11-23(12-17)6-7-23/h3-5,9-10,14,16-17H,6-8,11-13H2,1-2H3,(H,25,26,27)/t16-/m1/s1. The Morgan fingerprint density at radius 1 is 1.24 bits per heavy atom. The third-order valence-corrected chi connectivity index (χ3v) is 8.29. The number of carbonyl (C=O) groups excluding carboxylic acids is 1. The summed E-state index contributed by atoms with van der Waals surface area (Å²) in [6.45, 7) is 4.46. The highest BCUT2D eigenvalue weighted by molar-refractivity contribution is 7.92. The van der Waals surface area contributed by atoms with E-state index in [-0.39, 0.29) is 46.5 Å². The second-order valence-electron chi connectivity index (χ2n) is 9.85. The molecule has 2 aromatic rings. The fraction of sp³-hybridized carbons (Fsp3) is 0.522. The van der Waals surface area contributed by atoms with Crippen LogP contribution in [0.4, 0.5) is 5.95 Å². The molecule has 2 fully saturated rings. The SMILES string of the molecule is CC(C)C[C@@H]1COc2cc(Cl)nc(n2)NS(=O)(=O)c2cccc(c2)C(=O)N1C1CC2(CC2)C1. The van der Waals surface area contributed by atoms with Crippen LogP contribution in [0.3, 0.4) is 0 Å². The first kappa shape index (κ1) is 22.4. The van der Waals surface area contributed by atoms with Crippen molar-refractivity contribution in [1.82, 2.24) is 14.9 Å². The predicted molar refractivity (Wildman–Crippen MR) is 124 cm³/mol. The van der Waals surface area contributed by atoms with Crippen molar-refractivity contribution >= 4 is 33.5 Å². The molecule has 2 heterocycles. The van der Waals surface area contributed by atoms with Gasteiger partial charge in [-0.3, -0.25) is 4.79 Å². The lowest BCUT2D eigenvalue weighted by molar-refractivity contribution is 0.00918. The lowest BCUT2D eigenvalue weighted by Crippen LogP contribution is -2.55. The summed E-state index contributed by atoms with van der Waals surface area (Å²) in [5.41, 5.74) is 0.743. The molecule has 1 aliphatic heterocycles. The molecule has 0 unspecified atom stereocenters. The summed E-state index contributed by atoms with van der Waals surface area (Å²) in [6.07, 6.45) is 5.15. The number of nitrogens with one attached hydrogen (secondary N) is 1. The second kappa shape index (κ2) is 8.13. The Hall–Kier alpha value is -2.39. The zero-order chi connectivity index (χ0) is 23.4. The van der Waals surface area contributed by atoms with E-state index in [1.165, 1.54) is 31.0 Å². The maximum Gasteiger partial charge on any atom is 0.264 e. The van der Waals surface area contributed by atoms with Gasteiger partial charge in [-0.2, -0.15) is 4.98 Å². The van der Waals surface area contributed by atoms with Gasteiger partial charge in [-0.15, -0.1) is 0 Å². The lowest BCUT2D eigenvalue weighted by atomic mass is 9.75. The number of hydrogen-bond donors (Lipinski definition) is 1. The van der Waals surface area contributed by atoms with Crippen molar-refractivity contribution in [2.45, 2.75) is 62.9 Å². The van der Waals surface area contributed by atoms with E-state index in [2.05, 4.69) is 28.5 Å². The number of carbonyl (C=O) groups is 1. The molecule has 33 heavy (non-hydrogen) atoms. The number of fused-ring (bicyclic) bond motifs is 4. The van der Waals surface area contributed by atoms with Gasteiger partial charge in [0.1, 0.15) is 11.8 Å². The van der Waals surface area contributed by atoms with Gasteiger partial charge >= 0.3 is 0 Å². The van der Waals surface area contributed by atoms with Gasteiger partial charge < -0.3 is 9.64 Å². The molecular formula is C23H27ClN4O4S. The van der Waals surface area contributed by atoms with Crippen molar-refractivity contribution in [1.29, 1.82) is 0 Å². The smallest absolute Gasteiger partial charge is 0.264 e. The molecule has 1 amide bonds. The predicted octanol–water partition coefficient (Wildman–Crippen LogP) is 4.12. The van der Waals surface area contributed by atoms with Crippen molar-refractivity contribution in [3.05, 3.63) is 41.0 Å². The average molecular weight is 491 g/mol. The van der Waals surface area contributed by atoms with Gasteiger partial charge in [0, 0.05) is 17.7 Å². The van der Waals surface area contributed by atoms with Gasteiger partial charge in [-0.1, -0.05) is 31.5 Å². The highest BCUT2D eigenvalue weighted by atomic mass is 35.5. The maximum absolute atomic E-state index is 13.8. The zero-order valence-electron chi connectivity index (χ0n) is 18.6. The van der Waals surface area contributed by atoms with Crippen LogP contribution in [-0.2, 0) is 10.0 Å². The minimum absolute atomic E-state index is 0.0359. The molecule has 5 rings (SSSR count). The van der Waals surface area contributed by atoms with E-state index >= 15 is 0 Å². The van der Waals surface area contributed by atoms with E-state index in [9.17, 15) is 13.2 Å². The van der Waals surface area contributed by atoms with Crippen LogP contribution in [0.25, 0.3) is 0 Å². The fourth-order valence-corrected chi connectivity index (χ4v) is 6.14. The largest absolute Gasteiger partial charge is 0.475 e. The molecule has 3 aliphatic rings. The van der Waals surface area contributed by atoms with Crippen LogP contribution in [0.15, 0.2) is 35.2 Å². The van der Waals surface area contributed by atoms with Crippen molar-refractivity contribution in [2.24, 2.45) is 11.3 Å². The first-order valence-corrected chi connectivity index (χ1v) is 13.1. The van der Waals surface area contributed by atoms with E-state index in [0.717, 1.165) is 19.3 Å². The summed E-state index contributed by atoms with van der Waals surface area (Å²) in [5.74, 6) is 0.141. The van der Waals surface area contributed by atoms with Crippen molar-refractivity contribution in [3.8, 4) is 5.88 Å². The average Bonchev–Trinajstić information content (AvgIpc) is 3.51. The molecule has 4 bridgehead atoms. The number of amides is 1. The number of sulfonamides is 1. The summed E-state index contributed by atoms with van der Waals surface area (Å²) < 4.78 is 34.3. The Balaban J connectivity index is 1.60. The molecule has 10 heteroatoms. The van der Waals surface area contributed by atoms with E-state index in [1.807, 2.05) is 4.90 Å². The molecule has 8 nitrogen and oxygen atoms in total. The van der Waals surface area contributed by atoms with Crippen molar-refractivity contribution < 1.29 is 17.9 Å². The minimum Gasteiger partial charge on any atom is -0.475 e. The van der Waals surface area contributed by atoms with Crippen molar-refractivity contribution in [3.63, 3.8) is 0 Å². The van der Waals surface area contributed by atoms with Gasteiger partial charge in [0.05, 0.1) is 10.9 Å². The summed E-state index contributed by atoms with van der Waals surface area (Å²) in [7, 11) is -4.03. The lowest BCUT2D eigenvalue weighted by Gasteiger charge is -2.47. The Morgan fingerprint density at radius 3 is 2.70 bits per heavy atom. The van der Waals surface area contributed by atoms with E-state index in [0.29, 0.717) is 16.9 Å². The summed E-state index contributed by atoms with van der Waals surface area (Å²) in [6, 6.07) is 7.48. The van der Waals surface area contributed by atoms with Crippen LogP contribution in [0.5, 0.6) is 5.88 Å². The van der Waals surface area contributed by atoms with Crippen LogP contribution in [0, 0.1) is 11.3 Å². The fourth-order valence-electron chi connectivity index (χ4n) is 4.98. The Morgan fingerprint density at radius 2 is 2.00 bits per heavy atom. The summed E-state index contributed by atoms with van der Waals surface area (Å²) in [4.78, 5) is 23.9. The molecule has 2 aliphatic carbocycles. The number of anilines is 1. The molecule has 176 valence electrons. The molecule has 1 aromatic carbocycles. The topological polar surface area (TPSA) is 101 Å². The van der Waals surface area contributed by atoms with Crippen LogP contribution in [0.2, 0.25) is 5.15 Å². The van der Waals surface area contributed by atoms with E-state index in [1.54, 1.807) is 12.1 Å². The van der Waals surface area contributed by atoms with Crippen molar-refractivity contribution in [2.75, 3.05) is 11.3 Å². The molecule has 0 saturated heterocycles. The van der Waals surface area contributed by atoms with Crippen LogP contribution in [-0.4, -0.2) is 47.9 Å². The highest BCUT2D eigenvalue weighted by Gasteiger charge is 2.56. The quantitative estimate of drug-likeness (QED) is 0.649. The molecular weight excluding hydrogens is 464 g/mol. The highest BCUT2D eigenvalue weighted by Crippen LogP contribution is 2.62. The number of benzene rings is 1. The molecule has 1 aromatic heterocycles. The van der Waals surface area contributed by atoms with Gasteiger partial charge in [-0.25, -0.2) is 18.1 Å². The monoisotopic (exact) mass is 490 g/mol. The number of aromatic nitrogens is 2. The number of rotatable bonds is 3. The normalized spacial score (nSPS) is 23.6. The van der Waals surface area contributed by atoms with E-state index < -0.39 is 10.0 Å².